The highest BCUT2D eigenvalue weighted by Crippen LogP contribution is 2.47. The number of anilines is 6. The van der Waals surface area contributed by atoms with Crippen LogP contribution in [0.15, 0.2) is 79.3 Å². The highest BCUT2D eigenvalue weighted by atomic mass is 35.5. The fourth-order valence-electron chi connectivity index (χ4n) is 11.2. The van der Waals surface area contributed by atoms with Crippen LogP contribution in [-0.4, -0.2) is 45.6 Å². The van der Waals surface area contributed by atoms with Crippen LogP contribution in [0.5, 0.6) is 0 Å². The molecule has 6 aromatic rings. The van der Waals surface area contributed by atoms with Gasteiger partial charge in [-0.15, -0.1) is 0 Å². The van der Waals surface area contributed by atoms with Crippen molar-refractivity contribution in [3.63, 3.8) is 0 Å². The van der Waals surface area contributed by atoms with Crippen LogP contribution in [0.4, 0.5) is 38.5 Å². The van der Waals surface area contributed by atoms with Crippen LogP contribution in [0, 0.1) is 11.7 Å². The van der Waals surface area contributed by atoms with Crippen molar-refractivity contribution in [3.05, 3.63) is 124 Å². The zero-order valence-electron chi connectivity index (χ0n) is 46.8. The van der Waals surface area contributed by atoms with Gasteiger partial charge in [-0.1, -0.05) is 86.0 Å². The molecule has 0 spiro atoms. The van der Waals surface area contributed by atoms with E-state index in [9.17, 15) is 30.6 Å². The van der Waals surface area contributed by atoms with Crippen LogP contribution in [0.25, 0.3) is 33.4 Å². The molecule has 0 fully saturated rings. The molecule has 3 aromatic carbocycles. The van der Waals surface area contributed by atoms with Crippen LogP contribution in [0.1, 0.15) is 173 Å². The number of benzene rings is 3. The van der Waals surface area contributed by atoms with Crippen molar-refractivity contribution < 1.29 is 35.0 Å². The topological polar surface area (TPSA) is 316 Å². The van der Waals surface area contributed by atoms with Gasteiger partial charge in [-0.3, -0.25) is 15.0 Å². The lowest BCUT2D eigenvalue weighted by Gasteiger charge is -2.37. The number of aliphatic hydroxyl groups is 6. The van der Waals surface area contributed by atoms with Gasteiger partial charge >= 0.3 is 0 Å². The summed E-state index contributed by atoms with van der Waals surface area (Å²) in [6.07, 6.45) is 7.84. The summed E-state index contributed by atoms with van der Waals surface area (Å²) in [5.74, 6) is -1.22. The van der Waals surface area contributed by atoms with Crippen LogP contribution >= 0.6 is 11.6 Å². The van der Waals surface area contributed by atoms with Crippen molar-refractivity contribution in [2.45, 2.75) is 173 Å². The quantitative estimate of drug-likeness (QED) is 0.0251. The number of hydrogen-bond donors (Lipinski definition) is 12. The Labute approximate surface area is 464 Å². The molecule has 3 aromatic heterocycles. The lowest BCUT2D eigenvalue weighted by molar-refractivity contribution is -0.0422. The molecule has 0 aliphatic carbocycles. The molecule has 5 atom stereocenters. The predicted molar refractivity (Wildman–Crippen MR) is 314 cm³/mol. The first kappa shape index (κ1) is 61.1. The molecule has 0 saturated carbocycles. The SMILES string of the molecule is CCC(O)(CC)c1ccc(-c2cnc(C(O)(CC)CCC(C)C(O)(CC)c3cc(F)c(-c4cnc(C(O)(CC)CCC(O)(CC)c5cc(Cl)c(-c6cnc(C(O)(CC)CC)c(N)c6)cc5N)c(N)c4)cc3N)c(N)c2)cc1N. The van der Waals surface area contributed by atoms with Gasteiger partial charge in [0.25, 0.3) is 0 Å². The molecular weight excluding hydrogens is 1010 g/mol. The van der Waals surface area contributed by atoms with E-state index in [2.05, 4.69) is 15.0 Å². The van der Waals surface area contributed by atoms with Gasteiger partial charge in [-0.25, -0.2) is 4.39 Å². The molecule has 15 nitrogen and oxygen atoms in total. The fraction of sp³-hybridized carbons (Fsp3) is 0.459. The van der Waals surface area contributed by atoms with E-state index < -0.39 is 45.3 Å². The van der Waals surface area contributed by atoms with E-state index in [0.717, 1.165) is 5.56 Å². The normalized spacial score (nSPS) is 15.8. The molecule has 78 heavy (non-hydrogen) atoms. The molecule has 3 heterocycles. The number of hydrogen-bond acceptors (Lipinski definition) is 15. The monoisotopic (exact) mass is 1090 g/mol. The summed E-state index contributed by atoms with van der Waals surface area (Å²) in [6, 6.07) is 16.3. The summed E-state index contributed by atoms with van der Waals surface area (Å²) >= 11 is 6.87. The van der Waals surface area contributed by atoms with Gasteiger partial charge in [0.1, 0.15) is 22.6 Å². The summed E-state index contributed by atoms with van der Waals surface area (Å²) in [4.78, 5) is 13.7. The molecule has 0 bridgehead atoms. The van der Waals surface area contributed by atoms with Gasteiger partial charge in [-0.2, -0.15) is 0 Å². The minimum atomic E-state index is -1.63. The number of halogens is 2. The van der Waals surface area contributed by atoms with Gasteiger partial charge in [0.15, 0.2) is 0 Å². The second kappa shape index (κ2) is 23.7. The Morgan fingerprint density at radius 3 is 1.33 bits per heavy atom. The van der Waals surface area contributed by atoms with Crippen molar-refractivity contribution in [1.82, 2.24) is 15.0 Å². The first-order valence-corrected chi connectivity index (χ1v) is 27.7. The first-order chi connectivity index (χ1) is 36.6. The lowest BCUT2D eigenvalue weighted by atomic mass is 9.74. The number of rotatable bonds is 24. The Balaban J connectivity index is 1.18. The van der Waals surface area contributed by atoms with Gasteiger partial charge < -0.3 is 65.0 Å². The zero-order valence-corrected chi connectivity index (χ0v) is 47.6. The smallest absolute Gasteiger partial charge is 0.131 e. The number of nitrogens with zero attached hydrogens (tertiary/aromatic N) is 3. The van der Waals surface area contributed by atoms with E-state index in [1.807, 2.05) is 53.7 Å². The molecule has 0 aliphatic rings. The number of aromatic nitrogens is 3. The third-order valence-electron chi connectivity index (χ3n) is 17.2. The summed E-state index contributed by atoms with van der Waals surface area (Å²) in [7, 11) is 0. The van der Waals surface area contributed by atoms with Crippen LogP contribution in [0.2, 0.25) is 5.02 Å². The molecule has 5 unspecified atom stereocenters. The summed E-state index contributed by atoms with van der Waals surface area (Å²) in [5, 5.41) is 71.3. The highest BCUT2D eigenvalue weighted by Gasteiger charge is 2.41. The molecule has 18 N–H and O–H groups in total. The van der Waals surface area contributed by atoms with E-state index in [1.54, 1.807) is 63.5 Å². The summed E-state index contributed by atoms with van der Waals surface area (Å²) in [6.45, 7) is 16.6. The van der Waals surface area contributed by atoms with Crippen molar-refractivity contribution in [2.75, 3.05) is 34.4 Å². The van der Waals surface area contributed by atoms with E-state index in [-0.39, 0.29) is 102 Å². The highest BCUT2D eigenvalue weighted by molar-refractivity contribution is 6.33. The first-order valence-electron chi connectivity index (χ1n) is 27.4. The van der Waals surface area contributed by atoms with Crippen molar-refractivity contribution in [1.29, 1.82) is 0 Å². The average Bonchev–Trinajstić information content (AvgIpc) is 3.45. The third kappa shape index (κ3) is 11.6. The summed E-state index contributed by atoms with van der Waals surface area (Å²) < 4.78 is 16.5. The van der Waals surface area contributed by atoms with E-state index in [4.69, 9.17) is 46.0 Å². The largest absolute Gasteiger partial charge is 0.398 e. The molecule has 422 valence electrons. The van der Waals surface area contributed by atoms with Crippen molar-refractivity contribution in [2.24, 2.45) is 5.92 Å². The summed E-state index contributed by atoms with van der Waals surface area (Å²) in [5.41, 5.74) is 37.4. The van der Waals surface area contributed by atoms with E-state index in [0.29, 0.717) is 76.3 Å². The van der Waals surface area contributed by atoms with Gasteiger partial charge in [0.2, 0.25) is 0 Å². The Hall–Kier alpha value is -6.11. The Kier molecular flexibility index (Phi) is 18.6. The minimum Gasteiger partial charge on any atom is -0.398 e. The van der Waals surface area contributed by atoms with Crippen LogP contribution in [-0.2, 0) is 33.6 Å². The second-order valence-electron chi connectivity index (χ2n) is 21.5. The lowest BCUT2D eigenvalue weighted by Crippen LogP contribution is -2.36. The maximum atomic E-state index is 16.5. The standard InChI is InChI=1S/C61H83ClFN9O6/c1-10-56(73,11-2)42-19-18-36(24-47(42)64)37-25-50(67)54(70-32-37)59(76,15-6)21-20-35(9)61(78,17-8)44-31-46(63)41(29-49(44)66)39-27-52(69)55(72-34-39)60(77,16-7)23-22-58(75,14-5)43-30-45(62)40(28-48(43)65)38-26-51(68)53(71-33-38)57(74,12-3)13-4/h18-19,24-35,73-78H,10-17,20-23,64-69H2,1-9H3. The Morgan fingerprint density at radius 2 is 0.846 bits per heavy atom. The minimum absolute atomic E-state index is 0.00895. The van der Waals surface area contributed by atoms with E-state index in [1.165, 1.54) is 24.4 Å². The van der Waals surface area contributed by atoms with Crippen LogP contribution < -0.4 is 34.4 Å². The Bertz CT molecular complexity index is 3120. The van der Waals surface area contributed by atoms with Crippen LogP contribution in [0.3, 0.4) is 0 Å². The van der Waals surface area contributed by atoms with Gasteiger partial charge in [0, 0.05) is 85.2 Å². The molecule has 6 rings (SSSR count). The third-order valence-corrected chi connectivity index (χ3v) is 17.5. The maximum Gasteiger partial charge on any atom is 0.131 e. The molecule has 0 saturated heterocycles. The molecule has 0 aliphatic heterocycles. The average molecular weight is 1090 g/mol. The van der Waals surface area contributed by atoms with Gasteiger partial charge in [-0.05, 0) is 137 Å². The zero-order chi connectivity index (χ0) is 57.9. The maximum absolute atomic E-state index is 16.5. The van der Waals surface area contributed by atoms with Gasteiger partial charge in [0.05, 0.1) is 50.9 Å². The predicted octanol–water partition coefficient (Wildman–Crippen LogP) is 11.2. The number of nitrogens with two attached hydrogens (primary N) is 6. The molecular formula is C61H83ClFN9O6. The number of pyridine rings is 3. The van der Waals surface area contributed by atoms with E-state index >= 15 is 4.39 Å². The fourth-order valence-corrected chi connectivity index (χ4v) is 11.5. The second-order valence-corrected chi connectivity index (χ2v) is 21.9. The molecule has 0 amide bonds. The Morgan fingerprint density at radius 1 is 0.436 bits per heavy atom. The van der Waals surface area contributed by atoms with Crippen molar-refractivity contribution in [3.8, 4) is 33.4 Å². The molecule has 17 heteroatoms. The van der Waals surface area contributed by atoms with Crippen molar-refractivity contribution >= 4 is 45.7 Å². The number of nitrogen functional groups attached to an aromatic ring is 6. The molecule has 0 radical (unpaired) electrons.